The molecule has 0 fully saturated rings. The molecule has 3 aromatic heterocycles. The van der Waals surface area contributed by atoms with E-state index in [9.17, 15) is 19.2 Å². The second kappa shape index (κ2) is 10.5. The van der Waals surface area contributed by atoms with Crippen LogP contribution in [0.2, 0.25) is 0 Å². The number of hydrogen-bond donors (Lipinski definition) is 2. The zero-order valence-corrected chi connectivity index (χ0v) is 19.8. The smallest absolute Gasteiger partial charge is 0.330 e. The number of ether oxygens (including phenoxy) is 1. The summed E-state index contributed by atoms with van der Waals surface area (Å²) in [5.41, 5.74) is 5.14. The van der Waals surface area contributed by atoms with Crippen molar-refractivity contribution in [2.45, 2.75) is 26.1 Å². The number of nitrogens with one attached hydrogen (secondary N) is 1. The maximum Gasteiger partial charge on any atom is 0.330 e. The minimum absolute atomic E-state index is 0.0478. The molecule has 0 aliphatic carbocycles. The number of carbonyl (C=O) groups is 1. The van der Waals surface area contributed by atoms with E-state index in [1.165, 1.54) is 34.2 Å². The summed E-state index contributed by atoms with van der Waals surface area (Å²) in [6, 6.07) is 10.8. The van der Waals surface area contributed by atoms with Crippen molar-refractivity contribution in [2.24, 2.45) is 0 Å². The van der Waals surface area contributed by atoms with Crippen LogP contribution in [0.3, 0.4) is 0 Å². The molecule has 1 aromatic carbocycles. The number of amides is 1. The first-order valence-corrected chi connectivity index (χ1v) is 11.7. The van der Waals surface area contributed by atoms with Crippen molar-refractivity contribution < 1.29 is 9.53 Å². The Labute approximate surface area is 203 Å². The lowest BCUT2D eigenvalue weighted by Gasteiger charge is -2.25. The van der Waals surface area contributed by atoms with Crippen LogP contribution in [-0.4, -0.2) is 38.7 Å². The van der Waals surface area contributed by atoms with Crippen molar-refractivity contribution in [3.8, 4) is 0 Å². The van der Waals surface area contributed by atoms with Crippen LogP contribution in [0.25, 0.3) is 10.2 Å². The quantitative estimate of drug-likeness (QED) is 0.354. The summed E-state index contributed by atoms with van der Waals surface area (Å²) in [5.74, 6) is -0.584. The number of aromatic nitrogens is 4. The van der Waals surface area contributed by atoms with E-state index in [0.29, 0.717) is 10.2 Å². The Kier molecular flexibility index (Phi) is 7.22. The van der Waals surface area contributed by atoms with E-state index in [4.69, 9.17) is 10.5 Å². The number of nitrogen functional groups attached to an aromatic ring is 1. The Morgan fingerprint density at radius 2 is 1.94 bits per heavy atom. The zero-order chi connectivity index (χ0) is 24.9. The average Bonchev–Trinajstić information content (AvgIpc) is 3.33. The highest BCUT2D eigenvalue weighted by molar-refractivity contribution is 7.16. The number of benzene rings is 1. The molecule has 182 valence electrons. The fourth-order valence-electron chi connectivity index (χ4n) is 3.70. The van der Waals surface area contributed by atoms with Crippen molar-refractivity contribution in [1.82, 2.24) is 19.1 Å². The number of carbonyl (C=O) groups excluding carboxylic acids is 1. The molecule has 11 nitrogen and oxygen atoms in total. The van der Waals surface area contributed by atoms with Crippen molar-refractivity contribution in [3.63, 3.8) is 0 Å². The molecule has 0 saturated heterocycles. The minimum atomic E-state index is -0.774. The predicted octanol–water partition coefficient (Wildman–Crippen LogP) is 1.16. The van der Waals surface area contributed by atoms with E-state index >= 15 is 0 Å². The number of aryl methyl sites for hydroxylation is 1. The molecular formula is C23H24N6O5S. The van der Waals surface area contributed by atoms with Crippen molar-refractivity contribution in [3.05, 3.63) is 84.9 Å². The van der Waals surface area contributed by atoms with Gasteiger partial charge in [-0.3, -0.25) is 28.5 Å². The first-order valence-electron chi connectivity index (χ1n) is 10.8. The Hall–Kier alpha value is -4.03. The standard InChI is InChI=1S/C23H24N6O5S/c1-34-11-10-28-19(24)18(20(31)26-23(28)33)29(13-15-5-3-2-4-6-15)17(30)7-9-27-14-25-21-16(22(27)32)8-12-35-21/h2-6,8,12,14H,7,9-11,13,24H2,1H3,(H,26,31,33). The van der Waals surface area contributed by atoms with E-state index in [1.807, 2.05) is 30.3 Å². The van der Waals surface area contributed by atoms with E-state index in [2.05, 4.69) is 9.97 Å². The topological polar surface area (TPSA) is 145 Å². The molecule has 35 heavy (non-hydrogen) atoms. The largest absolute Gasteiger partial charge is 0.383 e. The first kappa shape index (κ1) is 24.1. The summed E-state index contributed by atoms with van der Waals surface area (Å²) in [7, 11) is 1.48. The molecule has 0 bridgehead atoms. The second-order valence-corrected chi connectivity index (χ2v) is 8.63. The number of methoxy groups -OCH3 is 1. The molecule has 4 rings (SSSR count). The van der Waals surface area contributed by atoms with Crippen LogP contribution in [0, 0.1) is 0 Å². The number of H-pyrrole nitrogens is 1. The normalized spacial score (nSPS) is 11.1. The van der Waals surface area contributed by atoms with E-state index < -0.39 is 17.2 Å². The number of nitrogens with zero attached hydrogens (tertiary/aromatic N) is 4. The van der Waals surface area contributed by atoms with Crippen molar-refractivity contribution >= 4 is 39.0 Å². The maximum absolute atomic E-state index is 13.4. The molecule has 0 aliphatic heterocycles. The lowest BCUT2D eigenvalue weighted by atomic mass is 10.2. The zero-order valence-electron chi connectivity index (χ0n) is 19.0. The number of anilines is 2. The number of nitrogens with two attached hydrogens (primary N) is 1. The van der Waals surface area contributed by atoms with Gasteiger partial charge in [-0.25, -0.2) is 9.78 Å². The summed E-state index contributed by atoms with van der Waals surface area (Å²) in [6.45, 7) is 0.387. The van der Waals surface area contributed by atoms with Gasteiger partial charge in [0.05, 0.1) is 31.4 Å². The Morgan fingerprint density at radius 1 is 1.17 bits per heavy atom. The summed E-state index contributed by atoms with van der Waals surface area (Å²) < 4.78 is 7.55. The minimum Gasteiger partial charge on any atom is -0.383 e. The Balaban J connectivity index is 1.69. The van der Waals surface area contributed by atoms with E-state index in [1.54, 1.807) is 11.4 Å². The van der Waals surface area contributed by atoms with Crippen LogP contribution in [-0.2, 0) is 29.2 Å². The van der Waals surface area contributed by atoms with Gasteiger partial charge < -0.3 is 15.4 Å². The van der Waals surface area contributed by atoms with E-state index in [0.717, 1.165) is 10.1 Å². The maximum atomic E-state index is 13.4. The lowest BCUT2D eigenvalue weighted by molar-refractivity contribution is -0.119. The number of aromatic amines is 1. The highest BCUT2D eigenvalue weighted by Gasteiger charge is 2.24. The molecule has 1 amide bonds. The van der Waals surface area contributed by atoms with Gasteiger partial charge in [0.1, 0.15) is 10.6 Å². The van der Waals surface area contributed by atoms with Gasteiger partial charge in [-0.05, 0) is 17.0 Å². The SMILES string of the molecule is COCCn1c(N)c(N(Cc2ccccc2)C(=O)CCn2cnc3sccc3c2=O)c(=O)[nH]c1=O. The second-order valence-electron chi connectivity index (χ2n) is 7.74. The third-order valence-corrected chi connectivity index (χ3v) is 6.33. The third-order valence-electron chi connectivity index (χ3n) is 5.50. The van der Waals surface area contributed by atoms with Crippen LogP contribution in [0.5, 0.6) is 0 Å². The molecular weight excluding hydrogens is 472 g/mol. The Bertz CT molecular complexity index is 1520. The first-order chi connectivity index (χ1) is 16.9. The van der Waals surface area contributed by atoms with Crippen LogP contribution in [0.1, 0.15) is 12.0 Å². The van der Waals surface area contributed by atoms with Gasteiger partial charge in [-0.1, -0.05) is 30.3 Å². The number of thiophene rings is 1. The molecule has 0 saturated carbocycles. The summed E-state index contributed by atoms with van der Waals surface area (Å²) in [5, 5.41) is 2.26. The Morgan fingerprint density at radius 3 is 2.69 bits per heavy atom. The summed E-state index contributed by atoms with van der Waals surface area (Å²) in [4.78, 5) is 59.7. The number of hydrogen-bond acceptors (Lipinski definition) is 8. The lowest BCUT2D eigenvalue weighted by Crippen LogP contribution is -2.41. The highest BCUT2D eigenvalue weighted by Crippen LogP contribution is 2.21. The fraction of sp³-hybridized carbons (Fsp3) is 0.261. The molecule has 3 N–H and O–H groups in total. The number of rotatable bonds is 9. The molecule has 0 radical (unpaired) electrons. The van der Waals surface area contributed by atoms with Gasteiger partial charge in [0.2, 0.25) is 5.91 Å². The van der Waals surface area contributed by atoms with Crippen LogP contribution < -0.4 is 27.4 Å². The van der Waals surface area contributed by atoms with Crippen LogP contribution in [0.15, 0.2) is 62.5 Å². The van der Waals surface area contributed by atoms with Crippen LogP contribution in [0.4, 0.5) is 11.5 Å². The van der Waals surface area contributed by atoms with Crippen molar-refractivity contribution in [1.29, 1.82) is 0 Å². The van der Waals surface area contributed by atoms with Gasteiger partial charge in [-0.15, -0.1) is 11.3 Å². The van der Waals surface area contributed by atoms with Gasteiger partial charge in [0.25, 0.3) is 11.1 Å². The van der Waals surface area contributed by atoms with Gasteiger partial charge >= 0.3 is 5.69 Å². The molecule has 0 spiro atoms. The average molecular weight is 497 g/mol. The van der Waals surface area contributed by atoms with Gasteiger partial charge in [0, 0.05) is 20.1 Å². The monoisotopic (exact) mass is 496 g/mol. The number of fused-ring (bicyclic) bond motifs is 1. The summed E-state index contributed by atoms with van der Waals surface area (Å²) in [6.07, 6.45) is 1.31. The summed E-state index contributed by atoms with van der Waals surface area (Å²) >= 11 is 1.36. The molecule has 12 heteroatoms. The molecule has 3 heterocycles. The molecule has 0 atom stereocenters. The van der Waals surface area contributed by atoms with E-state index in [-0.39, 0.29) is 49.7 Å². The fourth-order valence-corrected chi connectivity index (χ4v) is 4.43. The van der Waals surface area contributed by atoms with Gasteiger partial charge in [-0.2, -0.15) is 0 Å². The third kappa shape index (κ3) is 5.08. The van der Waals surface area contributed by atoms with Crippen LogP contribution >= 0.6 is 11.3 Å². The van der Waals surface area contributed by atoms with Gasteiger partial charge in [0.15, 0.2) is 5.69 Å². The molecule has 0 unspecified atom stereocenters. The predicted molar refractivity (Wildman–Crippen MR) is 134 cm³/mol. The van der Waals surface area contributed by atoms with Crippen molar-refractivity contribution in [2.75, 3.05) is 24.4 Å². The highest BCUT2D eigenvalue weighted by atomic mass is 32.1. The molecule has 4 aromatic rings. The molecule has 0 aliphatic rings.